The molecule has 0 bridgehead atoms. The van der Waals surface area contributed by atoms with Gasteiger partial charge in [-0.25, -0.2) is 18.6 Å². The third-order valence-corrected chi connectivity index (χ3v) is 3.29. The van der Waals surface area contributed by atoms with Gasteiger partial charge in [0.25, 0.3) is 0 Å². The number of urea groups is 1. The SMILES string of the molecule is O=C(Nc1cccc(C(F)(F)F)n1)Nc1ccnc2c(F)cc(F)cc12. The molecule has 0 radical (unpaired) electrons. The first kappa shape index (κ1) is 17.5. The normalized spacial score (nSPS) is 11.4. The Bertz CT molecular complexity index is 990. The van der Waals surface area contributed by atoms with E-state index in [1.807, 2.05) is 0 Å². The van der Waals surface area contributed by atoms with E-state index in [-0.39, 0.29) is 22.4 Å². The van der Waals surface area contributed by atoms with Crippen LogP contribution in [0.1, 0.15) is 5.69 Å². The highest BCUT2D eigenvalue weighted by Gasteiger charge is 2.32. The van der Waals surface area contributed by atoms with Crippen molar-refractivity contribution in [2.75, 3.05) is 10.6 Å². The van der Waals surface area contributed by atoms with Gasteiger partial charge in [0, 0.05) is 17.6 Å². The van der Waals surface area contributed by atoms with Crippen LogP contribution in [0.5, 0.6) is 0 Å². The first-order valence-electron chi connectivity index (χ1n) is 7.10. The van der Waals surface area contributed by atoms with Crippen molar-refractivity contribution in [3.05, 3.63) is 59.9 Å². The smallest absolute Gasteiger partial charge is 0.307 e. The molecule has 0 atom stereocenters. The van der Waals surface area contributed by atoms with Gasteiger partial charge in [0.1, 0.15) is 22.8 Å². The van der Waals surface area contributed by atoms with E-state index in [2.05, 4.69) is 20.6 Å². The van der Waals surface area contributed by atoms with Crippen LogP contribution < -0.4 is 10.6 Å². The minimum atomic E-state index is -4.66. The summed E-state index contributed by atoms with van der Waals surface area (Å²) in [6.07, 6.45) is -3.47. The van der Waals surface area contributed by atoms with Crippen molar-refractivity contribution in [1.82, 2.24) is 9.97 Å². The number of halogens is 5. The Morgan fingerprint density at radius 3 is 2.54 bits per heavy atom. The minimum absolute atomic E-state index is 0.00264. The van der Waals surface area contributed by atoms with Gasteiger partial charge in [0.05, 0.1) is 5.69 Å². The number of alkyl halides is 3. The van der Waals surface area contributed by atoms with Gasteiger partial charge in [-0.05, 0) is 24.3 Å². The van der Waals surface area contributed by atoms with Crippen molar-refractivity contribution in [2.24, 2.45) is 0 Å². The van der Waals surface area contributed by atoms with E-state index in [0.717, 1.165) is 18.2 Å². The Morgan fingerprint density at radius 2 is 1.81 bits per heavy atom. The van der Waals surface area contributed by atoms with E-state index < -0.39 is 29.5 Å². The van der Waals surface area contributed by atoms with E-state index in [0.29, 0.717) is 6.07 Å². The van der Waals surface area contributed by atoms with Gasteiger partial charge in [-0.3, -0.25) is 10.3 Å². The molecule has 0 spiro atoms. The lowest BCUT2D eigenvalue weighted by Gasteiger charge is -2.11. The van der Waals surface area contributed by atoms with Crippen molar-refractivity contribution in [2.45, 2.75) is 6.18 Å². The maximum atomic E-state index is 13.7. The van der Waals surface area contributed by atoms with E-state index in [1.54, 1.807) is 0 Å². The number of carbonyl (C=O) groups excluding carboxylic acids is 1. The summed E-state index contributed by atoms with van der Waals surface area (Å²) in [6.45, 7) is 0. The largest absolute Gasteiger partial charge is 0.433 e. The van der Waals surface area contributed by atoms with Gasteiger partial charge >= 0.3 is 12.2 Å². The Kier molecular flexibility index (Phi) is 4.41. The number of fused-ring (bicyclic) bond motifs is 1. The maximum absolute atomic E-state index is 13.7. The quantitative estimate of drug-likeness (QED) is 0.651. The predicted octanol–water partition coefficient (Wildman–Crippen LogP) is 4.57. The molecule has 3 rings (SSSR count). The number of carbonyl (C=O) groups is 1. The zero-order valence-corrected chi connectivity index (χ0v) is 12.7. The Morgan fingerprint density at radius 1 is 1.04 bits per heavy atom. The van der Waals surface area contributed by atoms with Crippen LogP contribution in [0.3, 0.4) is 0 Å². The summed E-state index contributed by atoms with van der Waals surface area (Å²) in [4.78, 5) is 19.1. The van der Waals surface area contributed by atoms with Gasteiger partial charge in [-0.2, -0.15) is 13.2 Å². The number of nitrogens with one attached hydrogen (secondary N) is 2. The molecule has 3 aromatic rings. The Hall–Kier alpha value is -3.30. The molecule has 0 saturated carbocycles. The Balaban J connectivity index is 1.84. The molecule has 0 aliphatic carbocycles. The summed E-state index contributed by atoms with van der Waals surface area (Å²) < 4.78 is 65.0. The summed E-state index contributed by atoms with van der Waals surface area (Å²) in [5.41, 5.74) is -1.31. The zero-order chi connectivity index (χ0) is 18.9. The van der Waals surface area contributed by atoms with Crippen molar-refractivity contribution in [3.8, 4) is 0 Å². The highest BCUT2D eigenvalue weighted by atomic mass is 19.4. The van der Waals surface area contributed by atoms with E-state index >= 15 is 0 Å². The first-order chi connectivity index (χ1) is 12.2. The summed E-state index contributed by atoms with van der Waals surface area (Å²) in [5.74, 6) is -2.12. The fourth-order valence-corrected chi connectivity index (χ4v) is 2.22. The molecule has 134 valence electrons. The molecule has 0 aliphatic rings. The standard InChI is InChI=1S/C16H9F5N4O/c17-8-6-9-11(4-5-22-14(9)10(18)7-8)23-15(26)25-13-3-1-2-12(24-13)16(19,20)21/h1-7H,(H2,22,23,24,25,26). The number of anilines is 2. The van der Waals surface area contributed by atoms with Crippen LogP contribution >= 0.6 is 0 Å². The van der Waals surface area contributed by atoms with Crippen molar-refractivity contribution in [3.63, 3.8) is 0 Å². The molecule has 2 amide bonds. The van der Waals surface area contributed by atoms with Crippen LogP contribution in [0.2, 0.25) is 0 Å². The number of pyridine rings is 2. The molecule has 0 fully saturated rings. The molecule has 2 heterocycles. The lowest BCUT2D eigenvalue weighted by Crippen LogP contribution is -2.21. The molecule has 0 saturated heterocycles. The number of amides is 2. The predicted molar refractivity (Wildman–Crippen MR) is 83.5 cm³/mol. The number of hydrogen-bond acceptors (Lipinski definition) is 3. The van der Waals surface area contributed by atoms with Crippen LogP contribution in [0.4, 0.5) is 38.3 Å². The first-order valence-corrected chi connectivity index (χ1v) is 7.10. The zero-order valence-electron chi connectivity index (χ0n) is 12.7. The van der Waals surface area contributed by atoms with Gasteiger partial charge in [-0.1, -0.05) is 6.07 Å². The molecular weight excluding hydrogens is 359 g/mol. The lowest BCUT2D eigenvalue weighted by molar-refractivity contribution is -0.141. The van der Waals surface area contributed by atoms with Crippen molar-refractivity contribution in [1.29, 1.82) is 0 Å². The molecule has 2 aromatic heterocycles. The number of benzene rings is 1. The second-order valence-corrected chi connectivity index (χ2v) is 5.13. The van der Waals surface area contributed by atoms with E-state index in [1.165, 1.54) is 18.3 Å². The molecular formula is C16H9F5N4O. The van der Waals surface area contributed by atoms with Crippen molar-refractivity contribution >= 4 is 28.4 Å². The molecule has 2 N–H and O–H groups in total. The van der Waals surface area contributed by atoms with Gasteiger partial charge in [0.2, 0.25) is 0 Å². The maximum Gasteiger partial charge on any atom is 0.433 e. The third-order valence-electron chi connectivity index (χ3n) is 3.29. The third kappa shape index (κ3) is 3.68. The topological polar surface area (TPSA) is 66.9 Å². The average Bonchev–Trinajstić information content (AvgIpc) is 2.55. The minimum Gasteiger partial charge on any atom is -0.307 e. The summed E-state index contributed by atoms with van der Waals surface area (Å²) in [6, 6.07) is 4.98. The lowest BCUT2D eigenvalue weighted by atomic mass is 10.1. The fourth-order valence-electron chi connectivity index (χ4n) is 2.22. The van der Waals surface area contributed by atoms with Crippen LogP contribution in [0.15, 0.2) is 42.6 Å². The van der Waals surface area contributed by atoms with Gasteiger partial charge < -0.3 is 5.32 Å². The monoisotopic (exact) mass is 368 g/mol. The van der Waals surface area contributed by atoms with Gasteiger partial charge in [-0.15, -0.1) is 0 Å². The van der Waals surface area contributed by atoms with Crippen molar-refractivity contribution < 1.29 is 26.7 Å². The molecule has 0 unspecified atom stereocenters. The van der Waals surface area contributed by atoms with Crippen LogP contribution in [-0.2, 0) is 6.18 Å². The molecule has 5 nitrogen and oxygen atoms in total. The summed E-state index contributed by atoms with van der Waals surface area (Å²) in [7, 11) is 0. The fraction of sp³-hybridized carbons (Fsp3) is 0.0625. The summed E-state index contributed by atoms with van der Waals surface area (Å²) in [5, 5.41) is 4.43. The Labute approximate surface area is 142 Å². The number of hydrogen-bond donors (Lipinski definition) is 2. The van der Waals surface area contributed by atoms with Crippen LogP contribution in [0, 0.1) is 11.6 Å². The van der Waals surface area contributed by atoms with E-state index in [4.69, 9.17) is 0 Å². The highest BCUT2D eigenvalue weighted by Crippen LogP contribution is 2.28. The molecule has 10 heteroatoms. The highest BCUT2D eigenvalue weighted by molar-refractivity contribution is 6.05. The second-order valence-electron chi connectivity index (χ2n) is 5.13. The summed E-state index contributed by atoms with van der Waals surface area (Å²) >= 11 is 0. The second kappa shape index (κ2) is 6.54. The van der Waals surface area contributed by atoms with Crippen LogP contribution in [-0.4, -0.2) is 16.0 Å². The number of aromatic nitrogens is 2. The molecule has 0 aliphatic heterocycles. The average molecular weight is 368 g/mol. The number of nitrogens with zero attached hydrogens (tertiary/aromatic N) is 2. The molecule has 26 heavy (non-hydrogen) atoms. The van der Waals surface area contributed by atoms with E-state index in [9.17, 15) is 26.7 Å². The van der Waals surface area contributed by atoms with Gasteiger partial charge in [0.15, 0.2) is 5.82 Å². The number of rotatable bonds is 2. The molecule has 1 aromatic carbocycles. The van der Waals surface area contributed by atoms with Crippen LogP contribution in [0.25, 0.3) is 10.9 Å².